The van der Waals surface area contributed by atoms with Crippen molar-refractivity contribution >= 4 is 11.6 Å². The number of hydrogen-bond donors (Lipinski definition) is 1. The summed E-state index contributed by atoms with van der Waals surface area (Å²) in [6, 6.07) is 4.50. The van der Waals surface area contributed by atoms with Gasteiger partial charge >= 0.3 is 0 Å². The van der Waals surface area contributed by atoms with Crippen LogP contribution in [0.4, 0.5) is 4.39 Å². The van der Waals surface area contributed by atoms with Crippen LogP contribution in [0, 0.1) is 5.82 Å². The van der Waals surface area contributed by atoms with Gasteiger partial charge in [-0.3, -0.25) is 0 Å². The van der Waals surface area contributed by atoms with Crippen LogP contribution in [0.3, 0.4) is 0 Å². The zero-order valence-electron chi connectivity index (χ0n) is 10.6. The molecule has 0 fully saturated rings. The standard InChI is InChI=1S/C14H19ClFNO/c1-18-10-9-17-8-4-2-3-5-12-6-7-13(16)11-14(12)15/h2-3,6-7,11,17H,4-5,8-10H2,1H3. The number of nitrogens with one attached hydrogen (secondary N) is 1. The molecule has 0 spiro atoms. The van der Waals surface area contributed by atoms with E-state index >= 15 is 0 Å². The van der Waals surface area contributed by atoms with Crippen molar-refractivity contribution in [1.82, 2.24) is 5.32 Å². The summed E-state index contributed by atoms with van der Waals surface area (Å²) < 4.78 is 17.7. The highest BCUT2D eigenvalue weighted by atomic mass is 35.5. The van der Waals surface area contributed by atoms with Crippen LogP contribution in [0.5, 0.6) is 0 Å². The Morgan fingerprint density at radius 1 is 1.33 bits per heavy atom. The van der Waals surface area contributed by atoms with Gasteiger partial charge in [-0.05, 0) is 37.1 Å². The Morgan fingerprint density at radius 3 is 2.89 bits per heavy atom. The highest BCUT2D eigenvalue weighted by Crippen LogP contribution is 2.17. The molecule has 2 nitrogen and oxygen atoms in total. The quantitative estimate of drug-likeness (QED) is 0.579. The number of benzene rings is 1. The van der Waals surface area contributed by atoms with E-state index in [0.717, 1.165) is 38.1 Å². The lowest BCUT2D eigenvalue weighted by atomic mass is 10.1. The zero-order chi connectivity index (χ0) is 13.2. The molecule has 0 bridgehead atoms. The molecule has 0 aliphatic carbocycles. The van der Waals surface area contributed by atoms with E-state index in [-0.39, 0.29) is 5.82 Å². The Kier molecular flexibility index (Phi) is 7.65. The number of methoxy groups -OCH3 is 1. The van der Waals surface area contributed by atoms with Gasteiger partial charge in [0.25, 0.3) is 0 Å². The third-order valence-electron chi connectivity index (χ3n) is 2.49. The summed E-state index contributed by atoms with van der Waals surface area (Å²) in [6.45, 7) is 2.53. The Hall–Kier alpha value is -0.900. The molecule has 0 heterocycles. The van der Waals surface area contributed by atoms with Crippen LogP contribution in [-0.4, -0.2) is 26.8 Å². The summed E-state index contributed by atoms with van der Waals surface area (Å²) in [5.41, 5.74) is 0.946. The third kappa shape index (κ3) is 6.15. The molecule has 0 saturated carbocycles. The Balaban J connectivity index is 2.20. The number of rotatable bonds is 8. The van der Waals surface area contributed by atoms with Gasteiger partial charge in [-0.15, -0.1) is 0 Å². The van der Waals surface area contributed by atoms with E-state index in [9.17, 15) is 4.39 Å². The van der Waals surface area contributed by atoms with Gasteiger partial charge in [0, 0.05) is 18.7 Å². The SMILES string of the molecule is COCCNCCC=CCc1ccc(F)cc1Cl. The molecule has 0 unspecified atom stereocenters. The first-order valence-corrected chi connectivity index (χ1v) is 6.40. The second-order valence-electron chi connectivity index (χ2n) is 3.94. The van der Waals surface area contributed by atoms with Crippen molar-refractivity contribution in [1.29, 1.82) is 0 Å². The molecule has 0 radical (unpaired) electrons. The fourth-order valence-electron chi connectivity index (χ4n) is 1.50. The average molecular weight is 272 g/mol. The first-order valence-electron chi connectivity index (χ1n) is 6.02. The van der Waals surface area contributed by atoms with E-state index in [1.165, 1.54) is 12.1 Å². The predicted octanol–water partition coefficient (Wildman–Crippen LogP) is 3.20. The smallest absolute Gasteiger partial charge is 0.124 e. The lowest BCUT2D eigenvalue weighted by Crippen LogP contribution is -2.19. The minimum absolute atomic E-state index is 0.296. The fourth-order valence-corrected chi connectivity index (χ4v) is 1.74. The first-order chi connectivity index (χ1) is 8.74. The average Bonchev–Trinajstić information content (AvgIpc) is 2.35. The van der Waals surface area contributed by atoms with E-state index in [1.807, 2.05) is 0 Å². The van der Waals surface area contributed by atoms with E-state index < -0.39 is 0 Å². The first kappa shape index (κ1) is 15.2. The van der Waals surface area contributed by atoms with Crippen molar-refractivity contribution in [2.45, 2.75) is 12.8 Å². The Bertz CT molecular complexity index is 382. The molecule has 0 amide bonds. The molecule has 1 aromatic rings. The summed E-state index contributed by atoms with van der Waals surface area (Å²) in [5.74, 6) is -0.296. The van der Waals surface area contributed by atoms with Crippen molar-refractivity contribution < 1.29 is 9.13 Å². The monoisotopic (exact) mass is 271 g/mol. The van der Waals surface area contributed by atoms with Gasteiger partial charge < -0.3 is 10.1 Å². The lowest BCUT2D eigenvalue weighted by molar-refractivity contribution is 0.199. The maximum absolute atomic E-state index is 12.8. The zero-order valence-corrected chi connectivity index (χ0v) is 11.3. The molecule has 0 aliphatic heterocycles. The van der Waals surface area contributed by atoms with Crippen molar-refractivity contribution in [2.24, 2.45) is 0 Å². The molecule has 1 rings (SSSR count). The molecule has 0 aromatic heterocycles. The van der Waals surface area contributed by atoms with E-state index in [4.69, 9.17) is 16.3 Å². The molecule has 0 saturated heterocycles. The van der Waals surface area contributed by atoms with E-state index in [0.29, 0.717) is 5.02 Å². The number of ether oxygens (including phenoxy) is 1. The molecule has 18 heavy (non-hydrogen) atoms. The predicted molar refractivity (Wildman–Crippen MR) is 73.6 cm³/mol. The molecule has 0 atom stereocenters. The minimum atomic E-state index is -0.296. The molecule has 100 valence electrons. The normalized spacial score (nSPS) is 11.3. The van der Waals surface area contributed by atoms with Crippen LogP contribution < -0.4 is 5.32 Å². The maximum Gasteiger partial charge on any atom is 0.124 e. The van der Waals surface area contributed by atoms with Gasteiger partial charge in [-0.25, -0.2) is 4.39 Å². The number of hydrogen-bond acceptors (Lipinski definition) is 2. The second-order valence-corrected chi connectivity index (χ2v) is 4.35. The number of halogens is 2. The summed E-state index contributed by atoms with van der Waals surface area (Å²) >= 11 is 5.93. The van der Waals surface area contributed by atoms with Crippen molar-refractivity contribution in [3.8, 4) is 0 Å². The van der Waals surface area contributed by atoms with Crippen LogP contribution in [0.2, 0.25) is 5.02 Å². The van der Waals surface area contributed by atoms with Crippen LogP contribution in [0.25, 0.3) is 0 Å². The molecule has 0 aliphatic rings. The Labute approximate surface area is 113 Å². The van der Waals surface area contributed by atoms with Gasteiger partial charge in [-0.2, -0.15) is 0 Å². The van der Waals surface area contributed by atoms with E-state index in [2.05, 4.69) is 17.5 Å². The van der Waals surface area contributed by atoms with Gasteiger partial charge in [0.2, 0.25) is 0 Å². The molecular weight excluding hydrogens is 253 g/mol. The van der Waals surface area contributed by atoms with Gasteiger partial charge in [0.05, 0.1) is 6.61 Å². The summed E-state index contributed by atoms with van der Waals surface area (Å²) in [5, 5.41) is 3.74. The Morgan fingerprint density at radius 2 is 2.17 bits per heavy atom. The van der Waals surface area contributed by atoms with Crippen molar-refractivity contribution in [3.05, 3.63) is 46.8 Å². The highest BCUT2D eigenvalue weighted by molar-refractivity contribution is 6.31. The third-order valence-corrected chi connectivity index (χ3v) is 2.84. The number of allylic oxidation sites excluding steroid dienone is 1. The lowest BCUT2D eigenvalue weighted by Gasteiger charge is -2.01. The van der Waals surface area contributed by atoms with Crippen LogP contribution in [-0.2, 0) is 11.2 Å². The van der Waals surface area contributed by atoms with Gasteiger partial charge in [-0.1, -0.05) is 29.8 Å². The van der Waals surface area contributed by atoms with Gasteiger partial charge in [0.1, 0.15) is 5.82 Å². The topological polar surface area (TPSA) is 21.3 Å². The molecular formula is C14H19ClFNO. The molecule has 1 aromatic carbocycles. The van der Waals surface area contributed by atoms with Crippen LogP contribution in [0.1, 0.15) is 12.0 Å². The largest absolute Gasteiger partial charge is 0.383 e. The molecule has 4 heteroatoms. The summed E-state index contributed by atoms with van der Waals surface area (Å²) in [6.07, 6.45) is 5.84. The van der Waals surface area contributed by atoms with E-state index in [1.54, 1.807) is 13.2 Å². The van der Waals surface area contributed by atoms with Crippen molar-refractivity contribution in [3.63, 3.8) is 0 Å². The van der Waals surface area contributed by atoms with Crippen LogP contribution >= 0.6 is 11.6 Å². The van der Waals surface area contributed by atoms with Gasteiger partial charge in [0.15, 0.2) is 0 Å². The van der Waals surface area contributed by atoms with Crippen LogP contribution in [0.15, 0.2) is 30.4 Å². The second kappa shape index (κ2) is 9.09. The van der Waals surface area contributed by atoms with Crippen molar-refractivity contribution in [2.75, 3.05) is 26.8 Å². The summed E-state index contributed by atoms with van der Waals surface area (Å²) in [4.78, 5) is 0. The fraction of sp³-hybridized carbons (Fsp3) is 0.429. The summed E-state index contributed by atoms with van der Waals surface area (Å²) in [7, 11) is 1.69. The maximum atomic E-state index is 12.8. The minimum Gasteiger partial charge on any atom is -0.383 e. The highest BCUT2D eigenvalue weighted by Gasteiger charge is 1.99. The molecule has 1 N–H and O–H groups in total.